The molecule has 3 nitrogen and oxygen atoms in total. The predicted octanol–water partition coefficient (Wildman–Crippen LogP) is 4.90. The number of nitrogens with one attached hydrogen (secondary N) is 1. The van der Waals surface area contributed by atoms with E-state index in [1.54, 1.807) is 19.9 Å². The monoisotopic (exact) mass is 323 g/mol. The Bertz CT molecular complexity index is 722. The number of halogens is 3. The maximum Gasteiger partial charge on any atom is 0.471 e. The van der Waals surface area contributed by atoms with Crippen molar-refractivity contribution in [3.63, 3.8) is 0 Å². The van der Waals surface area contributed by atoms with Gasteiger partial charge < -0.3 is 10.1 Å². The normalized spacial score (nSPS) is 11.2. The molecule has 2 aromatic rings. The van der Waals surface area contributed by atoms with E-state index in [2.05, 4.69) is 0 Å². The summed E-state index contributed by atoms with van der Waals surface area (Å²) in [6.07, 6.45) is -4.92. The molecule has 0 spiro atoms. The van der Waals surface area contributed by atoms with Crippen LogP contribution in [0.3, 0.4) is 0 Å². The highest BCUT2D eigenvalue weighted by atomic mass is 19.4. The number of carbonyl (C=O) groups is 1. The van der Waals surface area contributed by atoms with E-state index in [0.717, 1.165) is 5.56 Å². The van der Waals surface area contributed by atoms with Gasteiger partial charge in [-0.25, -0.2) is 0 Å². The van der Waals surface area contributed by atoms with Crippen molar-refractivity contribution in [2.75, 3.05) is 5.32 Å². The van der Waals surface area contributed by atoms with Gasteiger partial charge in [0.15, 0.2) is 0 Å². The van der Waals surface area contributed by atoms with E-state index in [0.29, 0.717) is 22.6 Å². The van der Waals surface area contributed by atoms with E-state index < -0.39 is 12.1 Å². The molecule has 0 atom stereocenters. The van der Waals surface area contributed by atoms with Crippen molar-refractivity contribution in [3.05, 3.63) is 53.1 Å². The van der Waals surface area contributed by atoms with Gasteiger partial charge in [0.05, 0.1) is 0 Å². The van der Waals surface area contributed by atoms with Crippen LogP contribution < -0.4 is 10.1 Å². The van der Waals surface area contributed by atoms with Gasteiger partial charge in [0.25, 0.3) is 0 Å². The molecule has 23 heavy (non-hydrogen) atoms. The van der Waals surface area contributed by atoms with Crippen LogP contribution in [-0.2, 0) is 4.79 Å². The van der Waals surface area contributed by atoms with E-state index in [4.69, 9.17) is 4.74 Å². The number of hydrogen-bond acceptors (Lipinski definition) is 2. The van der Waals surface area contributed by atoms with Gasteiger partial charge in [0.1, 0.15) is 11.5 Å². The maximum absolute atomic E-state index is 12.3. The average Bonchev–Trinajstić information content (AvgIpc) is 2.45. The molecule has 2 rings (SSSR count). The molecule has 0 heterocycles. The highest BCUT2D eigenvalue weighted by molar-refractivity contribution is 5.95. The number of rotatable bonds is 3. The Hall–Kier alpha value is -2.50. The summed E-state index contributed by atoms with van der Waals surface area (Å²) < 4.78 is 42.7. The summed E-state index contributed by atoms with van der Waals surface area (Å²) in [5.74, 6) is -0.839. The first-order valence-corrected chi connectivity index (χ1v) is 6.91. The van der Waals surface area contributed by atoms with Crippen molar-refractivity contribution in [3.8, 4) is 11.5 Å². The quantitative estimate of drug-likeness (QED) is 0.872. The number of anilines is 1. The van der Waals surface area contributed by atoms with E-state index >= 15 is 0 Å². The lowest BCUT2D eigenvalue weighted by Gasteiger charge is -2.15. The molecule has 0 fully saturated rings. The summed E-state index contributed by atoms with van der Waals surface area (Å²) in [4.78, 5) is 11.0. The summed E-state index contributed by atoms with van der Waals surface area (Å²) >= 11 is 0. The second-order valence-corrected chi connectivity index (χ2v) is 5.30. The maximum atomic E-state index is 12.3. The van der Waals surface area contributed by atoms with Crippen molar-refractivity contribution in [1.29, 1.82) is 0 Å². The summed E-state index contributed by atoms with van der Waals surface area (Å²) in [7, 11) is 0. The van der Waals surface area contributed by atoms with Crippen LogP contribution in [0.25, 0.3) is 0 Å². The second-order valence-electron chi connectivity index (χ2n) is 5.30. The fourth-order valence-electron chi connectivity index (χ4n) is 1.96. The fraction of sp³-hybridized carbons (Fsp3) is 0.235. The molecule has 2 aromatic carbocycles. The lowest BCUT2D eigenvalue weighted by molar-refractivity contribution is -0.167. The van der Waals surface area contributed by atoms with Crippen LogP contribution in [0.2, 0.25) is 0 Å². The average molecular weight is 323 g/mol. The lowest BCUT2D eigenvalue weighted by Crippen LogP contribution is -2.30. The van der Waals surface area contributed by atoms with Crippen molar-refractivity contribution in [1.82, 2.24) is 0 Å². The van der Waals surface area contributed by atoms with E-state index in [1.165, 1.54) is 6.07 Å². The molecule has 0 saturated heterocycles. The summed E-state index contributed by atoms with van der Waals surface area (Å²) in [5.41, 5.74) is 2.31. The van der Waals surface area contributed by atoms with Gasteiger partial charge in [0, 0.05) is 5.69 Å². The molecule has 0 saturated carbocycles. The van der Waals surface area contributed by atoms with Crippen molar-refractivity contribution in [2.24, 2.45) is 0 Å². The van der Waals surface area contributed by atoms with E-state index in [-0.39, 0.29) is 5.69 Å². The first kappa shape index (κ1) is 16.9. The Morgan fingerprint density at radius 3 is 2.17 bits per heavy atom. The third kappa shape index (κ3) is 4.25. The molecule has 0 aliphatic carbocycles. The molecule has 0 aliphatic rings. The molecule has 0 unspecified atom stereocenters. The molecule has 1 amide bonds. The first-order valence-electron chi connectivity index (χ1n) is 6.91. The van der Waals surface area contributed by atoms with Crippen LogP contribution >= 0.6 is 0 Å². The fourth-order valence-corrected chi connectivity index (χ4v) is 1.96. The number of aryl methyl sites for hydroxylation is 3. The summed E-state index contributed by atoms with van der Waals surface area (Å²) in [5, 5.41) is 1.87. The summed E-state index contributed by atoms with van der Waals surface area (Å²) in [6.45, 7) is 5.26. The number of hydrogen-bond donors (Lipinski definition) is 1. The molecule has 1 N–H and O–H groups in total. The molecule has 0 radical (unpaired) electrons. The molecule has 6 heteroatoms. The largest absolute Gasteiger partial charge is 0.471 e. The number of amides is 1. The first-order chi connectivity index (χ1) is 10.7. The van der Waals surface area contributed by atoms with Gasteiger partial charge in [-0.15, -0.1) is 0 Å². The Balaban J connectivity index is 2.23. The van der Waals surface area contributed by atoms with Gasteiger partial charge in [-0.3, -0.25) is 4.79 Å². The van der Waals surface area contributed by atoms with E-state index in [1.807, 2.05) is 36.5 Å². The molecule has 122 valence electrons. The molecule has 0 aromatic heterocycles. The number of carbonyl (C=O) groups excluding carboxylic acids is 1. The Morgan fingerprint density at radius 1 is 1.00 bits per heavy atom. The van der Waals surface area contributed by atoms with Crippen molar-refractivity contribution < 1.29 is 22.7 Å². The predicted molar refractivity (Wildman–Crippen MR) is 81.9 cm³/mol. The van der Waals surface area contributed by atoms with Gasteiger partial charge in [-0.1, -0.05) is 17.7 Å². The SMILES string of the molecule is Cc1ccc(Oc2cc(C)c(NC(=O)C(F)(F)F)cc2C)cc1. The Labute approximate surface area is 132 Å². The highest BCUT2D eigenvalue weighted by Crippen LogP contribution is 2.31. The van der Waals surface area contributed by atoms with Gasteiger partial charge in [-0.2, -0.15) is 13.2 Å². The van der Waals surface area contributed by atoms with Gasteiger partial charge in [0.2, 0.25) is 0 Å². The number of alkyl halides is 3. The minimum Gasteiger partial charge on any atom is -0.457 e. The summed E-state index contributed by atoms with van der Waals surface area (Å²) in [6, 6.07) is 10.5. The zero-order chi connectivity index (χ0) is 17.2. The smallest absolute Gasteiger partial charge is 0.457 e. The Kier molecular flexibility index (Phi) is 4.63. The Morgan fingerprint density at radius 2 is 1.61 bits per heavy atom. The van der Waals surface area contributed by atoms with Gasteiger partial charge in [-0.05, 0) is 56.2 Å². The zero-order valence-corrected chi connectivity index (χ0v) is 12.9. The van der Waals surface area contributed by atoms with Crippen LogP contribution in [-0.4, -0.2) is 12.1 Å². The minimum atomic E-state index is -4.92. The minimum absolute atomic E-state index is 0.112. The zero-order valence-electron chi connectivity index (χ0n) is 12.9. The lowest BCUT2D eigenvalue weighted by atomic mass is 10.1. The molecular formula is C17H16F3NO2. The molecular weight excluding hydrogens is 307 g/mol. The van der Waals surface area contributed by atoms with Crippen molar-refractivity contribution in [2.45, 2.75) is 26.9 Å². The topological polar surface area (TPSA) is 38.3 Å². The van der Waals surface area contributed by atoms with Crippen LogP contribution in [0.1, 0.15) is 16.7 Å². The van der Waals surface area contributed by atoms with Gasteiger partial charge >= 0.3 is 12.1 Å². The van der Waals surface area contributed by atoms with E-state index in [9.17, 15) is 18.0 Å². The van der Waals surface area contributed by atoms with Crippen molar-refractivity contribution >= 4 is 11.6 Å². The molecule has 0 aliphatic heterocycles. The third-order valence-corrected chi connectivity index (χ3v) is 3.28. The standard InChI is InChI=1S/C17H16F3NO2/c1-10-4-6-13(7-5-10)23-15-9-11(2)14(8-12(15)3)21-16(22)17(18,19)20/h4-9H,1-3H3,(H,21,22). The van der Waals surface area contributed by atoms with Crippen LogP contribution in [0.4, 0.5) is 18.9 Å². The number of benzene rings is 2. The second kappa shape index (κ2) is 6.32. The number of ether oxygens (including phenoxy) is 1. The molecule has 0 bridgehead atoms. The van der Waals surface area contributed by atoms with Crippen LogP contribution in [0, 0.1) is 20.8 Å². The van der Waals surface area contributed by atoms with Crippen LogP contribution in [0.5, 0.6) is 11.5 Å². The van der Waals surface area contributed by atoms with Crippen LogP contribution in [0.15, 0.2) is 36.4 Å². The highest BCUT2D eigenvalue weighted by Gasteiger charge is 2.38. The third-order valence-electron chi connectivity index (χ3n) is 3.28.